The molecule has 0 rings (SSSR count). The predicted molar refractivity (Wildman–Crippen MR) is 61.0 cm³/mol. The minimum absolute atomic E-state index is 0.708. The van der Waals surface area contributed by atoms with Crippen LogP contribution in [0.15, 0.2) is 12.2 Å². The Morgan fingerprint density at radius 1 is 1.38 bits per heavy atom. The van der Waals surface area contributed by atoms with E-state index in [-0.39, 0.29) is 0 Å². The van der Waals surface area contributed by atoms with Crippen molar-refractivity contribution >= 4 is 0 Å². The van der Waals surface area contributed by atoms with Crippen molar-refractivity contribution in [2.75, 3.05) is 20.6 Å². The van der Waals surface area contributed by atoms with Gasteiger partial charge in [0.2, 0.25) is 0 Å². The van der Waals surface area contributed by atoms with E-state index in [4.69, 9.17) is 0 Å². The van der Waals surface area contributed by atoms with Crippen LogP contribution in [0.5, 0.6) is 0 Å². The highest BCUT2D eigenvalue weighted by atomic mass is 15.0. The van der Waals surface area contributed by atoms with Crippen LogP contribution in [0, 0.1) is 5.92 Å². The second kappa shape index (κ2) is 7.14. The fraction of sp³-hybridized carbons (Fsp3) is 0.833. The molecule has 0 saturated heterocycles. The van der Waals surface area contributed by atoms with E-state index in [1.807, 2.05) is 0 Å². The third-order valence-electron chi connectivity index (χ3n) is 2.57. The van der Waals surface area contributed by atoms with Crippen LogP contribution in [0.3, 0.4) is 0 Å². The summed E-state index contributed by atoms with van der Waals surface area (Å²) in [4.78, 5) is 2.22. The average molecular weight is 183 g/mol. The van der Waals surface area contributed by atoms with Crippen LogP contribution in [0.25, 0.3) is 0 Å². The summed E-state index contributed by atoms with van der Waals surface area (Å²) in [5, 5.41) is 0. The largest absolute Gasteiger partial charge is 0.309 e. The molecule has 0 radical (unpaired) electrons. The van der Waals surface area contributed by atoms with Crippen LogP contribution in [-0.2, 0) is 0 Å². The summed E-state index contributed by atoms with van der Waals surface area (Å²) in [7, 11) is 4.23. The summed E-state index contributed by atoms with van der Waals surface area (Å²) in [5.41, 5.74) is 1.42. The summed E-state index contributed by atoms with van der Waals surface area (Å²) >= 11 is 0. The maximum Gasteiger partial charge on any atom is 0.00125 e. The third-order valence-corrected chi connectivity index (χ3v) is 2.57. The summed E-state index contributed by atoms with van der Waals surface area (Å²) < 4.78 is 0. The van der Waals surface area contributed by atoms with Gasteiger partial charge in [-0.2, -0.15) is 0 Å². The quantitative estimate of drug-likeness (QED) is 0.547. The third kappa shape index (κ3) is 6.83. The van der Waals surface area contributed by atoms with E-state index >= 15 is 0 Å². The van der Waals surface area contributed by atoms with Gasteiger partial charge in [0.1, 0.15) is 0 Å². The van der Waals surface area contributed by atoms with Gasteiger partial charge in [0.25, 0.3) is 0 Å². The molecule has 0 aromatic carbocycles. The number of rotatable bonds is 7. The van der Waals surface area contributed by atoms with Gasteiger partial charge in [-0.3, -0.25) is 0 Å². The van der Waals surface area contributed by atoms with Gasteiger partial charge in [0.15, 0.2) is 0 Å². The molecule has 0 amide bonds. The summed E-state index contributed by atoms with van der Waals surface area (Å²) in [6.07, 6.45) is 5.09. The van der Waals surface area contributed by atoms with Crippen molar-refractivity contribution in [1.29, 1.82) is 0 Å². The summed E-state index contributed by atoms with van der Waals surface area (Å²) in [6.45, 7) is 9.83. The topological polar surface area (TPSA) is 3.24 Å². The van der Waals surface area contributed by atoms with Gasteiger partial charge in [-0.25, -0.2) is 0 Å². The molecule has 1 unspecified atom stereocenters. The Morgan fingerprint density at radius 2 is 2.00 bits per heavy atom. The first-order chi connectivity index (χ1) is 6.07. The van der Waals surface area contributed by atoms with E-state index < -0.39 is 0 Å². The van der Waals surface area contributed by atoms with Gasteiger partial charge in [0.05, 0.1) is 0 Å². The zero-order valence-corrected chi connectivity index (χ0v) is 9.77. The number of unbranched alkanes of at least 4 members (excludes halogenated alkanes) is 1. The molecule has 1 heteroatoms. The number of nitrogens with zero attached hydrogens (tertiary/aromatic N) is 1. The molecular formula is C12H25N. The first kappa shape index (κ1) is 12.7. The van der Waals surface area contributed by atoms with Crippen molar-refractivity contribution < 1.29 is 0 Å². The van der Waals surface area contributed by atoms with E-state index in [0.717, 1.165) is 13.0 Å². The van der Waals surface area contributed by atoms with Crippen molar-refractivity contribution in [3.8, 4) is 0 Å². The molecule has 0 aromatic heterocycles. The molecule has 0 spiro atoms. The van der Waals surface area contributed by atoms with Crippen molar-refractivity contribution in [2.45, 2.75) is 39.5 Å². The lowest BCUT2D eigenvalue weighted by Gasteiger charge is -2.16. The number of hydrogen-bond acceptors (Lipinski definition) is 1. The van der Waals surface area contributed by atoms with Gasteiger partial charge in [-0.15, -0.1) is 0 Å². The lowest BCUT2D eigenvalue weighted by Crippen LogP contribution is -2.14. The normalized spacial score (nSPS) is 13.3. The van der Waals surface area contributed by atoms with Crippen LogP contribution >= 0.6 is 0 Å². The van der Waals surface area contributed by atoms with Crippen LogP contribution < -0.4 is 0 Å². The van der Waals surface area contributed by atoms with E-state index in [2.05, 4.69) is 39.4 Å². The second-order valence-corrected chi connectivity index (χ2v) is 4.25. The SMILES string of the molecule is C=C(CCN(C)C)C(C)CCCC. The zero-order chi connectivity index (χ0) is 10.3. The molecule has 78 valence electrons. The molecule has 0 aliphatic rings. The fourth-order valence-corrected chi connectivity index (χ4v) is 1.33. The first-order valence-corrected chi connectivity index (χ1v) is 5.40. The Morgan fingerprint density at radius 3 is 2.46 bits per heavy atom. The second-order valence-electron chi connectivity index (χ2n) is 4.25. The molecule has 1 atom stereocenters. The Balaban J connectivity index is 3.57. The Bertz CT molecular complexity index is 138. The molecule has 0 bridgehead atoms. The molecule has 0 aromatic rings. The van der Waals surface area contributed by atoms with Crippen molar-refractivity contribution in [1.82, 2.24) is 4.90 Å². The minimum Gasteiger partial charge on any atom is -0.309 e. The monoisotopic (exact) mass is 183 g/mol. The van der Waals surface area contributed by atoms with Crippen LogP contribution in [0.1, 0.15) is 39.5 Å². The lowest BCUT2D eigenvalue weighted by molar-refractivity contribution is 0.402. The summed E-state index contributed by atoms with van der Waals surface area (Å²) in [6, 6.07) is 0. The van der Waals surface area contributed by atoms with Gasteiger partial charge in [-0.05, 0) is 32.9 Å². The Hall–Kier alpha value is -0.300. The smallest absolute Gasteiger partial charge is 0.00125 e. The predicted octanol–water partition coefficient (Wildman–Crippen LogP) is 3.32. The van der Waals surface area contributed by atoms with Gasteiger partial charge < -0.3 is 4.90 Å². The number of hydrogen-bond donors (Lipinski definition) is 0. The average Bonchev–Trinajstić information content (AvgIpc) is 2.10. The van der Waals surface area contributed by atoms with Crippen LogP contribution in [-0.4, -0.2) is 25.5 Å². The van der Waals surface area contributed by atoms with Crippen LogP contribution in [0.4, 0.5) is 0 Å². The van der Waals surface area contributed by atoms with E-state index in [1.165, 1.54) is 24.8 Å². The molecule has 0 heterocycles. The van der Waals surface area contributed by atoms with Crippen molar-refractivity contribution in [3.05, 3.63) is 12.2 Å². The molecule has 13 heavy (non-hydrogen) atoms. The fourth-order valence-electron chi connectivity index (χ4n) is 1.33. The van der Waals surface area contributed by atoms with Gasteiger partial charge in [0, 0.05) is 6.54 Å². The molecule has 0 aliphatic carbocycles. The first-order valence-electron chi connectivity index (χ1n) is 5.40. The molecule has 0 aliphatic heterocycles. The van der Waals surface area contributed by atoms with E-state index in [0.29, 0.717) is 5.92 Å². The highest BCUT2D eigenvalue weighted by Gasteiger charge is 2.05. The lowest BCUT2D eigenvalue weighted by atomic mass is 9.94. The van der Waals surface area contributed by atoms with E-state index in [9.17, 15) is 0 Å². The molecule has 0 saturated carbocycles. The maximum absolute atomic E-state index is 4.15. The Labute approximate surface area is 83.8 Å². The minimum atomic E-state index is 0.708. The molecule has 0 fully saturated rings. The zero-order valence-electron chi connectivity index (χ0n) is 9.77. The highest BCUT2D eigenvalue weighted by Crippen LogP contribution is 2.18. The van der Waals surface area contributed by atoms with Crippen molar-refractivity contribution in [3.63, 3.8) is 0 Å². The Kier molecular flexibility index (Phi) is 6.97. The highest BCUT2D eigenvalue weighted by molar-refractivity contribution is 4.99. The molecule has 0 N–H and O–H groups in total. The standard InChI is InChI=1S/C12H25N/c1-6-7-8-11(2)12(3)9-10-13(4)5/h11H,3,6-10H2,1-2,4-5H3. The van der Waals surface area contributed by atoms with Crippen molar-refractivity contribution in [2.24, 2.45) is 5.92 Å². The molecule has 1 nitrogen and oxygen atoms in total. The maximum atomic E-state index is 4.15. The van der Waals surface area contributed by atoms with Gasteiger partial charge >= 0.3 is 0 Å². The van der Waals surface area contributed by atoms with E-state index in [1.54, 1.807) is 0 Å². The van der Waals surface area contributed by atoms with Gasteiger partial charge in [-0.1, -0.05) is 38.8 Å². The molecular weight excluding hydrogens is 158 g/mol. The van der Waals surface area contributed by atoms with Crippen LogP contribution in [0.2, 0.25) is 0 Å². The summed E-state index contributed by atoms with van der Waals surface area (Å²) in [5.74, 6) is 0.708.